The van der Waals surface area contributed by atoms with Crippen molar-refractivity contribution in [3.63, 3.8) is 0 Å². The molecule has 1 aromatic rings. The first-order valence-electron chi connectivity index (χ1n) is 7.13. The van der Waals surface area contributed by atoms with Crippen molar-refractivity contribution in [2.24, 2.45) is 0 Å². The third kappa shape index (κ3) is 4.08. The highest BCUT2D eigenvalue weighted by Gasteiger charge is 2.27. The van der Waals surface area contributed by atoms with Crippen LogP contribution >= 0.6 is 0 Å². The fraction of sp³-hybridized carbons (Fsp3) is 0.176. The Labute approximate surface area is 137 Å². The summed E-state index contributed by atoms with van der Waals surface area (Å²) in [6, 6.07) is 6.61. The number of hydrogen-bond acceptors (Lipinski definition) is 5. The quantitative estimate of drug-likeness (QED) is 0.159. The van der Waals surface area contributed by atoms with Crippen molar-refractivity contribution in [1.29, 1.82) is 0 Å². The van der Waals surface area contributed by atoms with Crippen LogP contribution in [0.2, 0.25) is 0 Å². The van der Waals surface area contributed by atoms with Gasteiger partial charge in [0.1, 0.15) is 6.04 Å². The fourth-order valence-electron chi connectivity index (χ4n) is 1.88. The zero-order valence-corrected chi connectivity index (χ0v) is 12.8. The Morgan fingerprint density at radius 2 is 1.96 bits per heavy atom. The molecule has 0 spiro atoms. The van der Waals surface area contributed by atoms with Crippen molar-refractivity contribution in [1.82, 2.24) is 10.6 Å². The van der Waals surface area contributed by atoms with Crippen LogP contribution in [-0.4, -0.2) is 36.3 Å². The second-order valence-electron chi connectivity index (χ2n) is 4.67. The second-order valence-corrected chi connectivity index (χ2v) is 4.67. The number of hydrogen-bond donors (Lipinski definition) is 2. The molecular weight excluding hydrogens is 312 g/mol. The zero-order chi connectivity index (χ0) is 17.5. The summed E-state index contributed by atoms with van der Waals surface area (Å²) in [7, 11) is 0. The predicted octanol–water partition coefficient (Wildman–Crippen LogP) is 0.877. The molecule has 2 N–H and O–H groups in total. The van der Waals surface area contributed by atoms with Crippen LogP contribution in [0.4, 0.5) is 4.79 Å². The van der Waals surface area contributed by atoms with Gasteiger partial charge in [-0.1, -0.05) is 41.8 Å². The molecule has 1 saturated heterocycles. The number of nitrogens with one attached hydrogen (secondary N) is 2. The van der Waals surface area contributed by atoms with E-state index in [-0.39, 0.29) is 12.2 Å². The molecule has 1 aliphatic heterocycles. The summed E-state index contributed by atoms with van der Waals surface area (Å²) in [6.45, 7) is 1.71. The van der Waals surface area contributed by atoms with Crippen molar-refractivity contribution >= 4 is 23.7 Å². The van der Waals surface area contributed by atoms with Gasteiger partial charge in [-0.3, -0.25) is 14.9 Å². The molecule has 1 heterocycles. The number of carbonyl (C=O) groups excluding carboxylic acids is 4. The van der Waals surface area contributed by atoms with E-state index in [1.54, 1.807) is 37.3 Å². The lowest BCUT2D eigenvalue weighted by molar-refractivity contribution is -0.138. The van der Waals surface area contributed by atoms with Crippen LogP contribution in [0.15, 0.2) is 53.4 Å². The first-order chi connectivity index (χ1) is 11.5. The van der Waals surface area contributed by atoms with Crippen molar-refractivity contribution in [3.05, 3.63) is 59.0 Å². The van der Waals surface area contributed by atoms with Gasteiger partial charge in [-0.05, 0) is 13.0 Å². The van der Waals surface area contributed by atoms with Gasteiger partial charge >= 0.3 is 12.0 Å². The summed E-state index contributed by atoms with van der Waals surface area (Å²) in [5, 5.41) is 4.37. The van der Waals surface area contributed by atoms with E-state index in [4.69, 9.17) is 4.74 Å². The normalized spacial score (nSPS) is 15.5. The number of rotatable bonds is 5. The standard InChI is InChI=1S/C17H14N2O5/c1-2-24-16(22)12(14(20)11-7-4-3-5-8-11)9-6-10-13-15(21)19-17(23)18-13/h3-5,7-8,10,13H,2H2,1H3,(H2,18,19,21,23). The lowest BCUT2D eigenvalue weighted by atomic mass is 10.0. The Kier molecular flexibility index (Phi) is 5.47. The number of ether oxygens (including phenoxy) is 1. The Hall–Kier alpha value is -3.40. The van der Waals surface area contributed by atoms with Crippen LogP contribution in [0.25, 0.3) is 0 Å². The van der Waals surface area contributed by atoms with Gasteiger partial charge in [0, 0.05) is 5.56 Å². The third-order valence-electron chi connectivity index (χ3n) is 3.00. The molecule has 0 radical (unpaired) electrons. The Morgan fingerprint density at radius 3 is 2.54 bits per heavy atom. The average Bonchev–Trinajstić information content (AvgIpc) is 2.89. The van der Waals surface area contributed by atoms with E-state index in [2.05, 4.69) is 16.8 Å². The van der Waals surface area contributed by atoms with Gasteiger partial charge in [0.2, 0.25) is 5.78 Å². The third-order valence-corrected chi connectivity index (χ3v) is 3.00. The van der Waals surface area contributed by atoms with Gasteiger partial charge in [-0.15, -0.1) is 0 Å². The zero-order valence-electron chi connectivity index (χ0n) is 12.8. The molecule has 1 aromatic carbocycles. The van der Waals surface area contributed by atoms with Crippen LogP contribution in [0.5, 0.6) is 0 Å². The van der Waals surface area contributed by atoms with Crippen LogP contribution in [0.1, 0.15) is 17.3 Å². The van der Waals surface area contributed by atoms with E-state index in [9.17, 15) is 19.2 Å². The molecule has 0 saturated carbocycles. The molecule has 7 heteroatoms. The van der Waals surface area contributed by atoms with Crippen LogP contribution in [0.3, 0.4) is 0 Å². The highest BCUT2D eigenvalue weighted by Crippen LogP contribution is 2.09. The topological polar surface area (TPSA) is 102 Å². The van der Waals surface area contributed by atoms with Crippen molar-refractivity contribution < 1.29 is 23.9 Å². The highest BCUT2D eigenvalue weighted by molar-refractivity contribution is 6.24. The van der Waals surface area contributed by atoms with Gasteiger partial charge in [-0.2, -0.15) is 0 Å². The molecule has 0 aromatic heterocycles. The van der Waals surface area contributed by atoms with Crippen LogP contribution in [-0.2, 0) is 14.3 Å². The van der Waals surface area contributed by atoms with Gasteiger partial charge < -0.3 is 10.1 Å². The maximum atomic E-state index is 12.4. The molecule has 7 nitrogen and oxygen atoms in total. The molecule has 0 bridgehead atoms. The summed E-state index contributed by atoms with van der Waals surface area (Å²) in [6.07, 6.45) is 1.19. The summed E-state index contributed by atoms with van der Waals surface area (Å²) in [5.41, 5.74) is 4.83. The first kappa shape index (κ1) is 17.0. The molecule has 1 aliphatic rings. The number of urea groups is 1. The number of amides is 3. The predicted molar refractivity (Wildman–Crippen MR) is 83.0 cm³/mol. The van der Waals surface area contributed by atoms with E-state index >= 15 is 0 Å². The molecule has 122 valence electrons. The monoisotopic (exact) mass is 326 g/mol. The molecule has 1 unspecified atom stereocenters. The fourth-order valence-corrected chi connectivity index (χ4v) is 1.88. The highest BCUT2D eigenvalue weighted by atomic mass is 16.5. The van der Waals surface area contributed by atoms with Gasteiger partial charge in [0.15, 0.2) is 5.57 Å². The van der Waals surface area contributed by atoms with Crippen molar-refractivity contribution in [3.8, 4) is 0 Å². The molecule has 1 atom stereocenters. The minimum Gasteiger partial charge on any atom is -0.462 e. The molecule has 0 aliphatic carbocycles. The second kappa shape index (κ2) is 7.74. The summed E-state index contributed by atoms with van der Waals surface area (Å²) >= 11 is 0. The molecular formula is C17H14N2O5. The maximum absolute atomic E-state index is 12.4. The minimum absolute atomic E-state index is 0.0941. The van der Waals surface area contributed by atoms with E-state index in [1.165, 1.54) is 6.08 Å². The van der Waals surface area contributed by atoms with Crippen molar-refractivity contribution in [2.75, 3.05) is 6.61 Å². The smallest absolute Gasteiger partial charge is 0.350 e. The van der Waals surface area contributed by atoms with Gasteiger partial charge in [0.25, 0.3) is 5.91 Å². The molecule has 24 heavy (non-hydrogen) atoms. The van der Waals surface area contributed by atoms with Crippen LogP contribution in [0, 0.1) is 0 Å². The Morgan fingerprint density at radius 1 is 1.25 bits per heavy atom. The Balaban J connectivity index is 2.37. The number of imide groups is 1. The number of carbonyl (C=O) groups is 4. The van der Waals surface area contributed by atoms with Crippen LogP contribution < -0.4 is 10.6 Å². The average molecular weight is 326 g/mol. The molecule has 1 fully saturated rings. The Bertz CT molecular complexity index is 784. The van der Waals surface area contributed by atoms with E-state index in [0.717, 1.165) is 0 Å². The molecule has 2 rings (SSSR count). The first-order valence-corrected chi connectivity index (χ1v) is 7.13. The number of esters is 1. The minimum atomic E-state index is -0.930. The van der Waals surface area contributed by atoms with Gasteiger partial charge in [-0.25, -0.2) is 9.59 Å². The van der Waals surface area contributed by atoms with E-state index in [0.29, 0.717) is 5.56 Å². The lowest BCUT2D eigenvalue weighted by Crippen LogP contribution is -2.25. The number of ketones is 1. The SMILES string of the molecule is CCOC(=O)C(=C=C=CC1NC(=O)NC1=O)C(=O)c1ccccc1. The summed E-state index contributed by atoms with van der Waals surface area (Å²) in [4.78, 5) is 46.8. The van der Waals surface area contributed by atoms with E-state index < -0.39 is 29.7 Å². The van der Waals surface area contributed by atoms with Gasteiger partial charge in [0.05, 0.1) is 6.61 Å². The number of Topliss-reactive ketones (excluding diaryl/α,β-unsaturated/α-hetero) is 1. The molecule has 3 amide bonds. The largest absolute Gasteiger partial charge is 0.462 e. The van der Waals surface area contributed by atoms with E-state index in [1.807, 2.05) is 5.32 Å². The number of benzene rings is 1. The van der Waals surface area contributed by atoms with Crippen molar-refractivity contribution in [2.45, 2.75) is 13.0 Å². The summed E-state index contributed by atoms with van der Waals surface area (Å²) in [5.74, 6) is -1.97. The maximum Gasteiger partial charge on any atom is 0.350 e. The lowest BCUT2D eigenvalue weighted by Gasteiger charge is -2.03. The summed E-state index contributed by atoms with van der Waals surface area (Å²) < 4.78 is 4.85.